The molecule has 2 rings (SSSR count). The third-order valence-electron chi connectivity index (χ3n) is 5.69. The highest BCUT2D eigenvalue weighted by Crippen LogP contribution is 2.24. The van der Waals surface area contributed by atoms with Gasteiger partial charge in [0.2, 0.25) is 0 Å². The van der Waals surface area contributed by atoms with E-state index in [0.29, 0.717) is 19.1 Å². The van der Waals surface area contributed by atoms with Crippen molar-refractivity contribution in [3.8, 4) is 5.75 Å². The lowest BCUT2D eigenvalue weighted by Gasteiger charge is -2.43. The number of β-amino-alcohol motifs (C(OH)–C–C–N with tert-alkyl or cyclic N) is 1. The molecule has 1 aliphatic heterocycles. The summed E-state index contributed by atoms with van der Waals surface area (Å²) < 4.78 is 5.96. The molecule has 0 aliphatic carbocycles. The van der Waals surface area contributed by atoms with E-state index < -0.39 is 24.4 Å². The molecular formula is C22H37NO5. The van der Waals surface area contributed by atoms with E-state index in [1.54, 1.807) is 0 Å². The van der Waals surface area contributed by atoms with Crippen LogP contribution in [-0.4, -0.2) is 76.0 Å². The number of unbranched alkanes of at least 4 members (excludes halogenated alkanes) is 3. The number of piperidine rings is 1. The number of aryl methyl sites for hydroxylation is 1. The zero-order chi connectivity index (χ0) is 20.7. The van der Waals surface area contributed by atoms with E-state index in [-0.39, 0.29) is 13.2 Å². The number of aliphatic hydroxyl groups is 4. The van der Waals surface area contributed by atoms with Crippen molar-refractivity contribution in [1.29, 1.82) is 0 Å². The number of ether oxygens (including phenoxy) is 1. The van der Waals surface area contributed by atoms with Gasteiger partial charge in [0.15, 0.2) is 0 Å². The Morgan fingerprint density at radius 1 is 1.07 bits per heavy atom. The number of hydrogen-bond donors (Lipinski definition) is 4. The zero-order valence-corrected chi connectivity index (χ0v) is 17.4. The molecule has 4 N–H and O–H groups in total. The normalized spacial score (nSPS) is 26.0. The molecule has 1 aliphatic rings. The van der Waals surface area contributed by atoms with Gasteiger partial charge in [-0.05, 0) is 49.4 Å². The van der Waals surface area contributed by atoms with Gasteiger partial charge in [-0.1, -0.05) is 38.8 Å². The summed E-state index contributed by atoms with van der Waals surface area (Å²) in [7, 11) is 0. The van der Waals surface area contributed by atoms with E-state index in [0.717, 1.165) is 37.0 Å². The standard InChI is InChI=1S/C22H37NO5/c1-15(2)17-9-8-16(3)20(12-17)28-11-7-5-4-6-10-23-13-19(25)22(27)21(26)18(23)14-24/h8-9,12,15,18-19,21-22,24-27H,4-7,10-11,13-14H2,1-3H3/t18-,19+,21-,22-/m1/s1. The van der Waals surface area contributed by atoms with Crippen molar-refractivity contribution in [2.75, 3.05) is 26.3 Å². The minimum absolute atomic E-state index is 0.229. The van der Waals surface area contributed by atoms with Crippen LogP contribution >= 0.6 is 0 Å². The molecule has 6 nitrogen and oxygen atoms in total. The Morgan fingerprint density at radius 2 is 1.79 bits per heavy atom. The fraction of sp³-hybridized carbons (Fsp3) is 0.727. The van der Waals surface area contributed by atoms with Crippen LogP contribution in [0.1, 0.15) is 56.6 Å². The predicted octanol–water partition coefficient (Wildman–Crippen LogP) is 1.82. The topological polar surface area (TPSA) is 93.4 Å². The lowest BCUT2D eigenvalue weighted by Crippen LogP contribution is -2.62. The van der Waals surface area contributed by atoms with Gasteiger partial charge in [0.05, 0.1) is 25.4 Å². The molecule has 0 saturated carbocycles. The van der Waals surface area contributed by atoms with Gasteiger partial charge in [-0.15, -0.1) is 0 Å². The molecule has 0 radical (unpaired) electrons. The number of nitrogens with zero attached hydrogens (tertiary/aromatic N) is 1. The average molecular weight is 396 g/mol. The number of likely N-dealkylation sites (tertiary alicyclic amines) is 1. The van der Waals surface area contributed by atoms with E-state index >= 15 is 0 Å². The van der Waals surface area contributed by atoms with Crippen LogP contribution in [0.5, 0.6) is 5.75 Å². The lowest BCUT2D eigenvalue weighted by molar-refractivity contribution is -0.145. The molecule has 160 valence electrons. The maximum absolute atomic E-state index is 10.0. The Labute approximate surface area is 168 Å². The molecular weight excluding hydrogens is 358 g/mol. The van der Waals surface area contributed by atoms with Gasteiger partial charge in [-0.3, -0.25) is 4.90 Å². The summed E-state index contributed by atoms with van der Waals surface area (Å²) in [6, 6.07) is 5.88. The third-order valence-corrected chi connectivity index (χ3v) is 5.69. The molecule has 6 heteroatoms. The molecule has 0 amide bonds. The second-order valence-electron chi connectivity index (χ2n) is 8.24. The fourth-order valence-electron chi connectivity index (χ4n) is 3.72. The van der Waals surface area contributed by atoms with Gasteiger partial charge >= 0.3 is 0 Å². The van der Waals surface area contributed by atoms with Crippen molar-refractivity contribution in [3.05, 3.63) is 29.3 Å². The summed E-state index contributed by atoms with van der Waals surface area (Å²) in [5.74, 6) is 1.45. The SMILES string of the molecule is Cc1ccc(C(C)C)cc1OCCCCCCN1C[C@H](O)[C@@H](O)[C@H](O)[C@H]1CO. The maximum atomic E-state index is 10.0. The van der Waals surface area contributed by atoms with Crippen molar-refractivity contribution in [2.45, 2.75) is 76.7 Å². The molecule has 1 fully saturated rings. The van der Waals surface area contributed by atoms with E-state index in [1.165, 1.54) is 5.56 Å². The average Bonchev–Trinajstić information content (AvgIpc) is 2.66. The molecule has 1 saturated heterocycles. The number of hydrogen-bond acceptors (Lipinski definition) is 6. The molecule has 4 atom stereocenters. The monoisotopic (exact) mass is 395 g/mol. The van der Waals surface area contributed by atoms with Crippen molar-refractivity contribution in [1.82, 2.24) is 4.90 Å². The lowest BCUT2D eigenvalue weighted by atomic mass is 9.94. The molecule has 0 bridgehead atoms. The van der Waals surface area contributed by atoms with E-state index in [1.807, 2.05) is 4.90 Å². The van der Waals surface area contributed by atoms with E-state index in [4.69, 9.17) is 4.74 Å². The van der Waals surface area contributed by atoms with Gasteiger partial charge in [0.1, 0.15) is 18.0 Å². The molecule has 0 aromatic heterocycles. The molecule has 1 aromatic rings. The third kappa shape index (κ3) is 6.16. The minimum Gasteiger partial charge on any atom is -0.493 e. The number of benzene rings is 1. The molecule has 0 unspecified atom stereocenters. The minimum atomic E-state index is -1.19. The number of aliphatic hydroxyl groups excluding tert-OH is 4. The van der Waals surface area contributed by atoms with Crippen LogP contribution in [0.3, 0.4) is 0 Å². The Balaban J connectivity index is 1.66. The molecule has 1 heterocycles. The van der Waals surface area contributed by atoms with Crippen LogP contribution in [0.2, 0.25) is 0 Å². The van der Waals surface area contributed by atoms with Crippen molar-refractivity contribution in [3.63, 3.8) is 0 Å². The van der Waals surface area contributed by atoms with Crippen LogP contribution < -0.4 is 4.74 Å². The van der Waals surface area contributed by atoms with Crippen LogP contribution in [0, 0.1) is 6.92 Å². The van der Waals surface area contributed by atoms with Crippen LogP contribution in [0.25, 0.3) is 0 Å². The summed E-state index contributed by atoms with van der Waals surface area (Å²) in [4.78, 5) is 1.87. The highest BCUT2D eigenvalue weighted by Gasteiger charge is 2.40. The van der Waals surface area contributed by atoms with E-state index in [2.05, 4.69) is 39.0 Å². The van der Waals surface area contributed by atoms with Gasteiger partial charge in [-0.2, -0.15) is 0 Å². The Hall–Kier alpha value is -1.18. The maximum Gasteiger partial charge on any atom is 0.122 e. The predicted molar refractivity (Wildman–Crippen MR) is 110 cm³/mol. The van der Waals surface area contributed by atoms with Gasteiger partial charge in [-0.25, -0.2) is 0 Å². The van der Waals surface area contributed by atoms with Crippen LogP contribution in [-0.2, 0) is 0 Å². The van der Waals surface area contributed by atoms with Crippen molar-refractivity contribution in [2.24, 2.45) is 0 Å². The van der Waals surface area contributed by atoms with Gasteiger partial charge in [0, 0.05) is 6.54 Å². The quantitative estimate of drug-likeness (QED) is 0.452. The second-order valence-corrected chi connectivity index (χ2v) is 8.24. The second kappa shape index (κ2) is 11.1. The summed E-state index contributed by atoms with van der Waals surface area (Å²) in [5.41, 5.74) is 2.44. The molecule has 28 heavy (non-hydrogen) atoms. The van der Waals surface area contributed by atoms with Crippen LogP contribution in [0.4, 0.5) is 0 Å². The van der Waals surface area contributed by atoms with Crippen molar-refractivity contribution < 1.29 is 25.2 Å². The largest absolute Gasteiger partial charge is 0.493 e. The summed E-state index contributed by atoms with van der Waals surface area (Å²) in [6.45, 7) is 7.84. The molecule has 1 aromatic carbocycles. The summed E-state index contributed by atoms with van der Waals surface area (Å²) in [6.07, 6.45) is 0.643. The van der Waals surface area contributed by atoms with E-state index in [9.17, 15) is 20.4 Å². The zero-order valence-electron chi connectivity index (χ0n) is 17.4. The summed E-state index contributed by atoms with van der Waals surface area (Å²) in [5, 5.41) is 39.1. The van der Waals surface area contributed by atoms with Gasteiger partial charge in [0.25, 0.3) is 0 Å². The Kier molecular flexibility index (Phi) is 9.18. The Bertz CT molecular complexity index is 594. The Morgan fingerprint density at radius 3 is 2.46 bits per heavy atom. The summed E-state index contributed by atoms with van der Waals surface area (Å²) >= 11 is 0. The number of rotatable bonds is 10. The molecule has 0 spiro atoms. The first-order chi connectivity index (χ1) is 13.3. The highest BCUT2D eigenvalue weighted by molar-refractivity contribution is 5.37. The first-order valence-corrected chi connectivity index (χ1v) is 10.5. The van der Waals surface area contributed by atoms with Crippen molar-refractivity contribution >= 4 is 0 Å². The van der Waals surface area contributed by atoms with Crippen LogP contribution in [0.15, 0.2) is 18.2 Å². The highest BCUT2D eigenvalue weighted by atomic mass is 16.5. The fourth-order valence-corrected chi connectivity index (χ4v) is 3.72. The first-order valence-electron chi connectivity index (χ1n) is 10.5. The first kappa shape index (κ1) is 23.1. The van der Waals surface area contributed by atoms with Gasteiger partial charge < -0.3 is 25.2 Å². The smallest absolute Gasteiger partial charge is 0.122 e.